The van der Waals surface area contributed by atoms with Crippen molar-refractivity contribution in [2.24, 2.45) is 0 Å². The van der Waals surface area contributed by atoms with E-state index in [9.17, 15) is 14.4 Å². The van der Waals surface area contributed by atoms with Gasteiger partial charge in [0.15, 0.2) is 0 Å². The molecule has 0 aromatic rings. The zero-order chi connectivity index (χ0) is 17.0. The van der Waals surface area contributed by atoms with Crippen LogP contribution in [0.5, 0.6) is 0 Å². The Balaban J connectivity index is 4.70. The van der Waals surface area contributed by atoms with Crippen molar-refractivity contribution in [1.29, 1.82) is 0 Å². The average Bonchev–Trinajstić information content (AvgIpc) is 2.50. The molecule has 0 atom stereocenters. The Bertz CT molecular complexity index is 366. The summed E-state index contributed by atoms with van der Waals surface area (Å²) in [5, 5.41) is 8.85. The summed E-state index contributed by atoms with van der Waals surface area (Å²) in [7, 11) is 3.01. The van der Waals surface area contributed by atoms with Crippen LogP contribution in [0.25, 0.3) is 0 Å². The van der Waals surface area contributed by atoms with Crippen molar-refractivity contribution in [3.8, 4) is 0 Å². The third-order valence-electron chi connectivity index (χ3n) is 2.87. The predicted molar refractivity (Wildman–Crippen MR) is 83.0 cm³/mol. The summed E-state index contributed by atoms with van der Waals surface area (Å²) >= 11 is 3.07. The van der Waals surface area contributed by atoms with Gasteiger partial charge in [-0.05, 0) is 0 Å². The van der Waals surface area contributed by atoms with Gasteiger partial charge in [0, 0.05) is 33.9 Å². The molecule has 0 unspecified atom stereocenters. The lowest BCUT2D eigenvalue weighted by atomic mass is 10.3. The zero-order valence-electron chi connectivity index (χ0n) is 12.9. The molecule has 1 N–H and O–H groups in total. The second-order valence-electron chi connectivity index (χ2n) is 4.46. The fourth-order valence-corrected chi connectivity index (χ4v) is 1.99. The number of carboxylic acid groups (broad SMARTS) is 1. The largest absolute Gasteiger partial charge is 0.481 e. The van der Waals surface area contributed by atoms with E-state index in [1.54, 1.807) is 0 Å². The smallest absolute Gasteiger partial charge is 0.305 e. The van der Waals surface area contributed by atoms with Crippen LogP contribution >= 0.6 is 15.9 Å². The number of carbonyl (C=O) groups is 3. The molecule has 0 radical (unpaired) electrons. The Labute approximate surface area is 138 Å². The molecular formula is C13H23BrN2O6. The Morgan fingerprint density at radius 2 is 1.50 bits per heavy atom. The van der Waals surface area contributed by atoms with Crippen molar-refractivity contribution in [3.05, 3.63) is 0 Å². The second-order valence-corrected chi connectivity index (χ2v) is 5.02. The molecule has 8 nitrogen and oxygen atoms in total. The van der Waals surface area contributed by atoms with Crippen LogP contribution in [0.4, 0.5) is 0 Å². The molecule has 22 heavy (non-hydrogen) atoms. The minimum Gasteiger partial charge on any atom is -0.481 e. The first-order valence-electron chi connectivity index (χ1n) is 6.77. The number of amides is 2. The number of nitrogens with zero attached hydrogens (tertiary/aromatic N) is 2. The lowest BCUT2D eigenvalue weighted by molar-refractivity contribution is -0.142. The number of hydrogen-bond donors (Lipinski definition) is 1. The highest BCUT2D eigenvalue weighted by atomic mass is 79.9. The van der Waals surface area contributed by atoms with Crippen LogP contribution < -0.4 is 0 Å². The molecule has 0 bridgehead atoms. The van der Waals surface area contributed by atoms with Gasteiger partial charge >= 0.3 is 5.97 Å². The van der Waals surface area contributed by atoms with Crippen molar-refractivity contribution in [2.75, 3.05) is 58.9 Å². The van der Waals surface area contributed by atoms with Crippen LogP contribution in [0.3, 0.4) is 0 Å². The van der Waals surface area contributed by atoms with E-state index in [2.05, 4.69) is 15.9 Å². The number of methoxy groups -OCH3 is 2. The normalized spacial score (nSPS) is 10.3. The van der Waals surface area contributed by atoms with Crippen LogP contribution in [-0.2, 0) is 23.9 Å². The molecule has 0 aromatic carbocycles. The molecule has 0 aromatic heterocycles. The standard InChI is InChI=1S/C13H23BrN2O6/c1-21-7-5-15(4-3-13(19)20)12(18)10-16(6-8-22-2)11(17)9-14/h3-10H2,1-2H3,(H,19,20). The van der Waals surface area contributed by atoms with Gasteiger partial charge in [-0.1, -0.05) is 15.9 Å². The molecule has 0 aliphatic carbocycles. The summed E-state index contributed by atoms with van der Waals surface area (Å²) in [4.78, 5) is 37.5. The summed E-state index contributed by atoms with van der Waals surface area (Å²) in [6.07, 6.45) is -0.153. The first-order valence-corrected chi connectivity index (χ1v) is 7.89. The predicted octanol–water partition coefficient (Wildman–Crippen LogP) is -0.194. The third kappa shape index (κ3) is 8.96. The molecule has 0 fully saturated rings. The number of carboxylic acids is 1. The maximum atomic E-state index is 12.3. The summed E-state index contributed by atoms with van der Waals surface area (Å²) in [5.41, 5.74) is 0. The highest BCUT2D eigenvalue weighted by Gasteiger charge is 2.20. The van der Waals surface area contributed by atoms with E-state index in [0.717, 1.165) is 0 Å². The van der Waals surface area contributed by atoms with Gasteiger partial charge in [0.1, 0.15) is 0 Å². The molecule has 0 aliphatic heterocycles. The van der Waals surface area contributed by atoms with Crippen molar-refractivity contribution >= 4 is 33.7 Å². The van der Waals surface area contributed by atoms with E-state index in [0.29, 0.717) is 19.8 Å². The average molecular weight is 383 g/mol. The number of hydrogen-bond acceptors (Lipinski definition) is 5. The highest BCUT2D eigenvalue weighted by Crippen LogP contribution is 2.00. The Hall–Kier alpha value is -1.19. The van der Waals surface area contributed by atoms with Crippen molar-refractivity contribution in [1.82, 2.24) is 9.80 Å². The molecule has 0 spiro atoms. The molecule has 9 heteroatoms. The molecule has 0 aliphatic rings. The number of halogens is 1. The Kier molecular flexibility index (Phi) is 11.7. The van der Waals surface area contributed by atoms with Gasteiger partial charge in [-0.3, -0.25) is 14.4 Å². The van der Waals surface area contributed by atoms with Crippen LogP contribution in [-0.4, -0.2) is 91.6 Å². The summed E-state index contributed by atoms with van der Waals surface area (Å²) in [6.45, 7) is 1.16. The van der Waals surface area contributed by atoms with E-state index in [1.807, 2.05) is 0 Å². The number of carbonyl (C=O) groups excluding carboxylic acids is 2. The van der Waals surface area contributed by atoms with E-state index >= 15 is 0 Å². The zero-order valence-corrected chi connectivity index (χ0v) is 14.5. The molecule has 128 valence electrons. The monoisotopic (exact) mass is 382 g/mol. The van der Waals surface area contributed by atoms with Gasteiger partial charge in [-0.15, -0.1) is 0 Å². The first-order chi connectivity index (χ1) is 10.5. The summed E-state index contributed by atoms with van der Waals surface area (Å²) in [5.74, 6) is -1.53. The maximum absolute atomic E-state index is 12.3. The van der Waals surface area contributed by atoms with Crippen LogP contribution in [0, 0.1) is 0 Å². The van der Waals surface area contributed by atoms with Crippen molar-refractivity contribution in [2.45, 2.75) is 6.42 Å². The molecule has 0 saturated carbocycles. The number of rotatable bonds is 12. The van der Waals surface area contributed by atoms with E-state index in [4.69, 9.17) is 14.6 Å². The van der Waals surface area contributed by atoms with Crippen LogP contribution in [0.15, 0.2) is 0 Å². The van der Waals surface area contributed by atoms with Gasteiger partial charge in [0.25, 0.3) is 0 Å². The maximum Gasteiger partial charge on any atom is 0.305 e. The van der Waals surface area contributed by atoms with Gasteiger partial charge in [0.2, 0.25) is 11.8 Å². The quantitative estimate of drug-likeness (QED) is 0.469. The third-order valence-corrected chi connectivity index (χ3v) is 3.35. The summed E-state index contributed by atoms with van der Waals surface area (Å²) in [6, 6.07) is 0. The van der Waals surface area contributed by atoms with E-state index in [-0.39, 0.29) is 43.2 Å². The number of ether oxygens (including phenoxy) is 2. The summed E-state index contributed by atoms with van der Waals surface area (Å²) < 4.78 is 9.84. The minimum absolute atomic E-state index is 0.0815. The van der Waals surface area contributed by atoms with E-state index in [1.165, 1.54) is 24.0 Å². The van der Waals surface area contributed by atoms with Crippen LogP contribution in [0.2, 0.25) is 0 Å². The van der Waals surface area contributed by atoms with Crippen LogP contribution in [0.1, 0.15) is 6.42 Å². The van der Waals surface area contributed by atoms with Crippen molar-refractivity contribution < 1.29 is 29.0 Å². The number of alkyl halides is 1. The Morgan fingerprint density at radius 3 is 1.95 bits per heavy atom. The second kappa shape index (κ2) is 12.4. The highest BCUT2D eigenvalue weighted by molar-refractivity contribution is 9.09. The fourth-order valence-electron chi connectivity index (χ4n) is 1.63. The SMILES string of the molecule is COCCN(CCC(=O)O)C(=O)CN(CCOC)C(=O)CBr. The first kappa shape index (κ1) is 20.8. The van der Waals surface area contributed by atoms with Gasteiger partial charge < -0.3 is 24.4 Å². The van der Waals surface area contributed by atoms with Crippen molar-refractivity contribution in [3.63, 3.8) is 0 Å². The number of aliphatic carboxylic acids is 1. The molecule has 0 rings (SSSR count). The molecule has 0 heterocycles. The Morgan fingerprint density at radius 1 is 0.955 bits per heavy atom. The van der Waals surface area contributed by atoms with Gasteiger partial charge in [-0.2, -0.15) is 0 Å². The molecular weight excluding hydrogens is 360 g/mol. The van der Waals surface area contributed by atoms with E-state index < -0.39 is 5.97 Å². The fraction of sp³-hybridized carbons (Fsp3) is 0.769. The molecule has 0 saturated heterocycles. The van der Waals surface area contributed by atoms with Gasteiger partial charge in [-0.25, -0.2) is 0 Å². The van der Waals surface area contributed by atoms with Gasteiger partial charge in [0.05, 0.1) is 31.5 Å². The lowest BCUT2D eigenvalue weighted by Crippen LogP contribution is -2.46. The minimum atomic E-state index is -0.983. The molecule has 2 amide bonds. The topological polar surface area (TPSA) is 96.4 Å². The lowest BCUT2D eigenvalue weighted by Gasteiger charge is -2.26.